The summed E-state index contributed by atoms with van der Waals surface area (Å²) in [7, 11) is 0. The van der Waals surface area contributed by atoms with Crippen LogP contribution in [-0.2, 0) is 6.54 Å². The monoisotopic (exact) mass is 294 g/mol. The fraction of sp³-hybridized carbons (Fsp3) is 0.500. The van der Waals surface area contributed by atoms with E-state index < -0.39 is 0 Å². The molecule has 0 aliphatic carbocycles. The maximum atomic E-state index is 6.00. The first-order valence-corrected chi connectivity index (χ1v) is 6.38. The molecule has 1 heterocycles. The lowest BCUT2D eigenvalue weighted by atomic mass is 10.2. The van der Waals surface area contributed by atoms with Gasteiger partial charge in [0.05, 0.1) is 10.0 Å². The summed E-state index contributed by atoms with van der Waals surface area (Å²) in [6, 6.07) is 5.88. The maximum Gasteiger partial charge on any atom is 0.0595 e. The van der Waals surface area contributed by atoms with Crippen molar-refractivity contribution in [2.75, 3.05) is 26.2 Å². The minimum atomic E-state index is 0. The van der Waals surface area contributed by atoms with Crippen molar-refractivity contribution >= 4 is 35.6 Å². The standard InChI is InChI=1S/C12H16Cl2N2.ClH/c13-11-3-2-10(8-12(11)14)9-16-6-1-4-15-5-7-16;/h2-3,8,15H,1,4-7,9H2;1H. The van der Waals surface area contributed by atoms with Crippen molar-refractivity contribution in [1.29, 1.82) is 0 Å². The molecule has 1 saturated heterocycles. The number of halogens is 3. The summed E-state index contributed by atoms with van der Waals surface area (Å²) in [5, 5.41) is 4.67. The van der Waals surface area contributed by atoms with Crippen LogP contribution >= 0.6 is 35.6 Å². The van der Waals surface area contributed by atoms with E-state index in [-0.39, 0.29) is 12.4 Å². The number of nitrogens with one attached hydrogen (secondary N) is 1. The van der Waals surface area contributed by atoms with Crippen molar-refractivity contribution in [3.05, 3.63) is 33.8 Å². The molecule has 0 unspecified atom stereocenters. The third-order valence-electron chi connectivity index (χ3n) is 2.82. The van der Waals surface area contributed by atoms with Gasteiger partial charge in [-0.05, 0) is 37.2 Å². The summed E-state index contributed by atoms with van der Waals surface area (Å²) >= 11 is 11.9. The van der Waals surface area contributed by atoms with E-state index in [1.165, 1.54) is 12.0 Å². The van der Waals surface area contributed by atoms with Gasteiger partial charge in [-0.2, -0.15) is 0 Å². The first kappa shape index (κ1) is 15.1. The van der Waals surface area contributed by atoms with E-state index in [4.69, 9.17) is 23.2 Å². The number of nitrogens with zero attached hydrogens (tertiary/aromatic N) is 1. The van der Waals surface area contributed by atoms with Crippen LogP contribution < -0.4 is 5.32 Å². The lowest BCUT2D eigenvalue weighted by Gasteiger charge is -2.19. The SMILES string of the molecule is Cl.Clc1ccc(CN2CCCNCC2)cc1Cl. The molecule has 0 atom stereocenters. The Bertz CT molecular complexity index is 350. The molecule has 1 fully saturated rings. The van der Waals surface area contributed by atoms with Crippen molar-refractivity contribution in [1.82, 2.24) is 10.2 Å². The molecule has 5 heteroatoms. The van der Waals surface area contributed by atoms with Gasteiger partial charge < -0.3 is 5.32 Å². The summed E-state index contributed by atoms with van der Waals surface area (Å²) in [4.78, 5) is 2.44. The summed E-state index contributed by atoms with van der Waals surface area (Å²) < 4.78 is 0. The van der Waals surface area contributed by atoms with Crippen molar-refractivity contribution < 1.29 is 0 Å². The fourth-order valence-corrected chi connectivity index (χ4v) is 2.28. The molecule has 2 nitrogen and oxygen atoms in total. The molecule has 0 amide bonds. The molecule has 17 heavy (non-hydrogen) atoms. The Kier molecular flexibility index (Phi) is 6.60. The van der Waals surface area contributed by atoms with Gasteiger partial charge >= 0.3 is 0 Å². The lowest BCUT2D eigenvalue weighted by Crippen LogP contribution is -2.27. The average Bonchev–Trinajstić information content (AvgIpc) is 2.52. The van der Waals surface area contributed by atoms with Gasteiger partial charge in [-0.15, -0.1) is 12.4 Å². The van der Waals surface area contributed by atoms with Crippen LogP contribution in [-0.4, -0.2) is 31.1 Å². The van der Waals surface area contributed by atoms with Crippen molar-refractivity contribution in [2.24, 2.45) is 0 Å². The molecular weight excluding hydrogens is 279 g/mol. The van der Waals surface area contributed by atoms with Gasteiger partial charge in [0.25, 0.3) is 0 Å². The minimum absolute atomic E-state index is 0. The van der Waals surface area contributed by atoms with Gasteiger partial charge in [-0.1, -0.05) is 29.3 Å². The molecule has 0 bridgehead atoms. The number of hydrogen-bond donors (Lipinski definition) is 1. The Morgan fingerprint density at radius 1 is 1.12 bits per heavy atom. The van der Waals surface area contributed by atoms with Crippen LogP contribution in [0.2, 0.25) is 10.0 Å². The molecule has 0 radical (unpaired) electrons. The molecule has 0 saturated carbocycles. The highest BCUT2D eigenvalue weighted by Crippen LogP contribution is 2.23. The smallest absolute Gasteiger partial charge is 0.0595 e. The second-order valence-electron chi connectivity index (χ2n) is 4.13. The van der Waals surface area contributed by atoms with E-state index in [0.717, 1.165) is 32.7 Å². The average molecular weight is 296 g/mol. The highest BCUT2D eigenvalue weighted by Gasteiger charge is 2.09. The van der Waals surface area contributed by atoms with E-state index in [1.54, 1.807) is 0 Å². The Morgan fingerprint density at radius 2 is 1.94 bits per heavy atom. The normalized spacial score (nSPS) is 17.3. The van der Waals surface area contributed by atoms with Crippen LogP contribution in [0.15, 0.2) is 18.2 Å². The van der Waals surface area contributed by atoms with Gasteiger partial charge in [0.15, 0.2) is 0 Å². The number of benzene rings is 1. The van der Waals surface area contributed by atoms with Crippen LogP contribution in [0.4, 0.5) is 0 Å². The first-order valence-electron chi connectivity index (χ1n) is 5.63. The molecule has 1 aromatic carbocycles. The second-order valence-corrected chi connectivity index (χ2v) is 4.94. The Morgan fingerprint density at radius 3 is 2.71 bits per heavy atom. The van der Waals surface area contributed by atoms with E-state index in [9.17, 15) is 0 Å². The fourth-order valence-electron chi connectivity index (χ4n) is 1.96. The topological polar surface area (TPSA) is 15.3 Å². The summed E-state index contributed by atoms with van der Waals surface area (Å²) in [6.45, 7) is 5.39. The van der Waals surface area contributed by atoms with Crippen LogP contribution in [0, 0.1) is 0 Å². The largest absolute Gasteiger partial charge is 0.315 e. The van der Waals surface area contributed by atoms with Gasteiger partial charge in [-0.3, -0.25) is 4.90 Å². The summed E-state index contributed by atoms with van der Waals surface area (Å²) in [6.07, 6.45) is 1.21. The maximum absolute atomic E-state index is 6.00. The lowest BCUT2D eigenvalue weighted by molar-refractivity contribution is 0.284. The van der Waals surface area contributed by atoms with Crippen LogP contribution in [0.5, 0.6) is 0 Å². The highest BCUT2D eigenvalue weighted by atomic mass is 35.5. The third kappa shape index (κ3) is 4.65. The van der Waals surface area contributed by atoms with E-state index in [1.807, 2.05) is 18.2 Å². The van der Waals surface area contributed by atoms with Crippen molar-refractivity contribution in [2.45, 2.75) is 13.0 Å². The zero-order valence-electron chi connectivity index (χ0n) is 9.59. The number of hydrogen-bond acceptors (Lipinski definition) is 2. The summed E-state index contributed by atoms with van der Waals surface area (Å²) in [5.41, 5.74) is 1.23. The first-order chi connectivity index (χ1) is 7.75. The van der Waals surface area contributed by atoms with Crippen LogP contribution in [0.3, 0.4) is 0 Å². The predicted octanol–water partition coefficient (Wildman–Crippen LogP) is 3.21. The Labute approximate surface area is 119 Å². The third-order valence-corrected chi connectivity index (χ3v) is 3.56. The molecule has 1 N–H and O–H groups in total. The Hall–Kier alpha value is 0.01000. The molecule has 1 aliphatic rings. The van der Waals surface area contributed by atoms with Gasteiger partial charge in [0.2, 0.25) is 0 Å². The second kappa shape index (κ2) is 7.45. The zero-order chi connectivity index (χ0) is 11.4. The minimum Gasteiger partial charge on any atom is -0.315 e. The van der Waals surface area contributed by atoms with Crippen molar-refractivity contribution in [3.8, 4) is 0 Å². The predicted molar refractivity (Wildman–Crippen MR) is 76.5 cm³/mol. The van der Waals surface area contributed by atoms with E-state index in [2.05, 4.69) is 10.2 Å². The molecule has 1 aromatic rings. The van der Waals surface area contributed by atoms with Gasteiger partial charge in [-0.25, -0.2) is 0 Å². The highest BCUT2D eigenvalue weighted by molar-refractivity contribution is 6.42. The van der Waals surface area contributed by atoms with E-state index >= 15 is 0 Å². The van der Waals surface area contributed by atoms with Gasteiger partial charge in [0, 0.05) is 19.6 Å². The molecule has 0 aromatic heterocycles. The molecule has 0 spiro atoms. The van der Waals surface area contributed by atoms with Gasteiger partial charge in [0.1, 0.15) is 0 Å². The quantitative estimate of drug-likeness (QED) is 0.901. The molecular formula is C12H17Cl3N2. The molecule has 96 valence electrons. The Balaban J connectivity index is 0.00000144. The van der Waals surface area contributed by atoms with Crippen molar-refractivity contribution in [3.63, 3.8) is 0 Å². The molecule has 1 aliphatic heterocycles. The zero-order valence-corrected chi connectivity index (χ0v) is 11.9. The molecule has 2 rings (SSSR count). The summed E-state index contributed by atoms with van der Waals surface area (Å²) in [5.74, 6) is 0. The van der Waals surface area contributed by atoms with Crippen LogP contribution in [0.1, 0.15) is 12.0 Å². The van der Waals surface area contributed by atoms with E-state index in [0.29, 0.717) is 10.0 Å². The number of rotatable bonds is 2. The van der Waals surface area contributed by atoms with Crippen LogP contribution in [0.25, 0.3) is 0 Å².